The molecule has 0 amide bonds. The lowest BCUT2D eigenvalue weighted by atomic mass is 9.31. The lowest BCUT2D eigenvalue weighted by Crippen LogP contribution is -2.63. The summed E-state index contributed by atoms with van der Waals surface area (Å²) in [7, 11) is 0. The fourth-order valence-corrected chi connectivity index (χ4v) is 13.0. The Morgan fingerprint density at radius 1 is 0.315 bits per heavy atom. The summed E-state index contributed by atoms with van der Waals surface area (Å²) in [5, 5.41) is 0. The first-order chi connectivity index (χ1) is 36.2. The maximum Gasteiger partial charge on any atom is 0.256 e. The first-order valence-electron chi connectivity index (χ1n) is 25.0. The van der Waals surface area contributed by atoms with Gasteiger partial charge in [-0.3, -0.25) is 0 Å². The molecule has 7 heteroatoms. The van der Waals surface area contributed by atoms with E-state index in [4.69, 9.17) is 9.47 Å². The number of anilines is 6. The highest BCUT2D eigenvalue weighted by atomic mass is 32.2. The molecule has 0 saturated carbocycles. The van der Waals surface area contributed by atoms with Crippen molar-refractivity contribution in [3.63, 3.8) is 0 Å². The SMILES string of the molecule is c1ccc(-c2ccc(-c3ccccc3N3c4cc5c(cc4B4c6ccccc6Oc6cc(-c7ccccc7)cc3c64)B3c4ccccc4Oc4cc(N(c6ccccc6)c6ccccc6)cc(c43)S5)cc2)cc1. The summed E-state index contributed by atoms with van der Waals surface area (Å²) < 4.78 is 14.1. The second-order valence-corrected chi connectivity index (χ2v) is 20.2. The lowest BCUT2D eigenvalue weighted by Gasteiger charge is -2.42. The topological polar surface area (TPSA) is 24.9 Å². The lowest BCUT2D eigenvalue weighted by molar-refractivity contribution is 0.486. The van der Waals surface area contributed by atoms with E-state index in [0.29, 0.717) is 0 Å². The molecule has 0 fully saturated rings. The number of ether oxygens (including phenoxy) is 2. The van der Waals surface area contributed by atoms with Crippen LogP contribution in [0.5, 0.6) is 23.0 Å². The number of nitrogens with zero attached hydrogens (tertiary/aromatic N) is 2. The van der Waals surface area contributed by atoms with Gasteiger partial charge in [-0.25, -0.2) is 0 Å². The molecular weight excluding hydrogens is 906 g/mol. The molecule has 11 aromatic carbocycles. The summed E-state index contributed by atoms with van der Waals surface area (Å²) in [6, 6.07) is 92.2. The van der Waals surface area contributed by atoms with Crippen LogP contribution in [0.25, 0.3) is 33.4 Å². The molecule has 0 atom stereocenters. The maximum atomic E-state index is 7.07. The minimum Gasteiger partial charge on any atom is -0.458 e. The van der Waals surface area contributed by atoms with Crippen molar-refractivity contribution in [1.29, 1.82) is 0 Å². The molecule has 4 aliphatic rings. The number of fused-ring (bicyclic) bond motifs is 8. The second-order valence-electron chi connectivity index (χ2n) is 19.1. The van der Waals surface area contributed by atoms with E-state index >= 15 is 0 Å². The summed E-state index contributed by atoms with van der Waals surface area (Å²) in [4.78, 5) is 7.28. The molecule has 0 aromatic heterocycles. The van der Waals surface area contributed by atoms with Gasteiger partial charge in [0.15, 0.2) is 0 Å². The highest BCUT2D eigenvalue weighted by Gasteiger charge is 2.46. The molecule has 4 aliphatic heterocycles. The zero-order valence-electron chi connectivity index (χ0n) is 39.5. The molecule has 340 valence electrons. The summed E-state index contributed by atoms with van der Waals surface area (Å²) in [5.41, 5.74) is 20.7. The highest BCUT2D eigenvalue weighted by molar-refractivity contribution is 8.00. The molecule has 0 spiro atoms. The van der Waals surface area contributed by atoms with Crippen LogP contribution in [0.4, 0.5) is 34.1 Å². The molecule has 0 unspecified atom stereocenters. The molecule has 0 bridgehead atoms. The predicted octanol–water partition coefficient (Wildman–Crippen LogP) is 13.6. The molecular formula is C66H42B2N2O2S. The van der Waals surface area contributed by atoms with E-state index in [-0.39, 0.29) is 13.4 Å². The average molecular weight is 949 g/mol. The Bertz CT molecular complexity index is 3930. The fraction of sp³-hybridized carbons (Fsp3) is 0. The Hall–Kier alpha value is -8.90. The van der Waals surface area contributed by atoms with Crippen LogP contribution < -0.4 is 52.1 Å². The predicted molar refractivity (Wildman–Crippen MR) is 305 cm³/mol. The minimum atomic E-state index is -0.0951. The number of hydrogen-bond donors (Lipinski definition) is 0. The number of hydrogen-bond acceptors (Lipinski definition) is 5. The summed E-state index contributed by atoms with van der Waals surface area (Å²) in [5.74, 6) is 3.54. The van der Waals surface area contributed by atoms with Crippen LogP contribution in [0.3, 0.4) is 0 Å². The van der Waals surface area contributed by atoms with Gasteiger partial charge in [-0.2, -0.15) is 0 Å². The third-order valence-corrected chi connectivity index (χ3v) is 16.1. The Morgan fingerprint density at radius 3 is 1.49 bits per heavy atom. The van der Waals surface area contributed by atoms with Crippen LogP contribution >= 0.6 is 11.8 Å². The number of benzene rings is 11. The maximum absolute atomic E-state index is 7.07. The summed E-state index contributed by atoms with van der Waals surface area (Å²) in [6.07, 6.45) is 0. The van der Waals surface area contributed by atoms with E-state index in [0.717, 1.165) is 84.8 Å². The van der Waals surface area contributed by atoms with E-state index < -0.39 is 0 Å². The van der Waals surface area contributed by atoms with Crippen molar-refractivity contribution in [3.8, 4) is 56.4 Å². The van der Waals surface area contributed by atoms with Crippen LogP contribution in [0.1, 0.15) is 0 Å². The van der Waals surface area contributed by atoms with Gasteiger partial charge in [-0.1, -0.05) is 199 Å². The van der Waals surface area contributed by atoms with Crippen molar-refractivity contribution < 1.29 is 9.47 Å². The normalized spacial score (nSPS) is 13.0. The largest absolute Gasteiger partial charge is 0.458 e. The molecule has 15 rings (SSSR count). The minimum absolute atomic E-state index is 0.0623. The second kappa shape index (κ2) is 16.9. The van der Waals surface area contributed by atoms with Crippen LogP contribution in [0, 0.1) is 0 Å². The van der Waals surface area contributed by atoms with Gasteiger partial charge in [0.1, 0.15) is 23.0 Å². The standard InChI is InChI=1S/C66H42B2N2O2S/c1-5-19-43(20-6-1)45-33-35-46(36-34-45)51-27-13-16-30-56(51)70-57-42-63-55(41-54(57)67-52-28-14-17-31-59(52)71-61-38-47(37-58(70)65(61)67)44-21-7-2-8-22-44)68-53-29-15-18-32-60(53)72-62-39-50(40-64(73-63)66(62)68)69(48-23-9-3-10-24-48)49-25-11-4-12-26-49/h1-42H. The highest BCUT2D eigenvalue weighted by Crippen LogP contribution is 2.49. The van der Waals surface area contributed by atoms with Crippen LogP contribution in [-0.4, -0.2) is 13.4 Å². The Balaban J connectivity index is 0.982. The first-order valence-corrected chi connectivity index (χ1v) is 25.8. The van der Waals surface area contributed by atoms with Gasteiger partial charge in [-0.15, -0.1) is 0 Å². The number of rotatable bonds is 7. The Kier molecular flexibility index (Phi) is 9.67. The van der Waals surface area contributed by atoms with Gasteiger partial charge in [0.2, 0.25) is 0 Å². The molecule has 0 N–H and O–H groups in total. The van der Waals surface area contributed by atoms with Crippen LogP contribution in [-0.2, 0) is 0 Å². The zero-order chi connectivity index (χ0) is 48.0. The quantitative estimate of drug-likeness (QED) is 0.148. The average Bonchev–Trinajstić information content (AvgIpc) is 3.45. The fourth-order valence-electron chi connectivity index (χ4n) is 11.8. The van der Waals surface area contributed by atoms with Gasteiger partial charge >= 0.3 is 0 Å². The summed E-state index contributed by atoms with van der Waals surface area (Å²) >= 11 is 1.85. The van der Waals surface area contributed by atoms with Gasteiger partial charge < -0.3 is 19.3 Å². The van der Waals surface area contributed by atoms with E-state index in [1.165, 1.54) is 48.2 Å². The molecule has 0 radical (unpaired) electrons. The molecule has 0 aliphatic carbocycles. The third-order valence-electron chi connectivity index (χ3n) is 15.0. The van der Waals surface area contributed by atoms with Crippen molar-refractivity contribution in [3.05, 3.63) is 255 Å². The van der Waals surface area contributed by atoms with Gasteiger partial charge in [-0.05, 0) is 122 Å². The molecule has 73 heavy (non-hydrogen) atoms. The third kappa shape index (κ3) is 6.80. The number of para-hydroxylation sites is 5. The molecule has 4 heterocycles. The van der Waals surface area contributed by atoms with E-state index in [2.05, 4.69) is 265 Å². The van der Waals surface area contributed by atoms with Gasteiger partial charge in [0, 0.05) is 44.2 Å². The van der Waals surface area contributed by atoms with Gasteiger partial charge in [0.25, 0.3) is 13.4 Å². The molecule has 11 aromatic rings. The monoisotopic (exact) mass is 948 g/mol. The summed E-state index contributed by atoms with van der Waals surface area (Å²) in [6.45, 7) is -0.157. The smallest absolute Gasteiger partial charge is 0.256 e. The van der Waals surface area contributed by atoms with Crippen molar-refractivity contribution >= 4 is 92.1 Å². The van der Waals surface area contributed by atoms with Crippen molar-refractivity contribution in [2.75, 3.05) is 9.80 Å². The Labute approximate surface area is 429 Å². The van der Waals surface area contributed by atoms with E-state index in [1.807, 2.05) is 11.8 Å². The van der Waals surface area contributed by atoms with Crippen molar-refractivity contribution in [2.24, 2.45) is 0 Å². The van der Waals surface area contributed by atoms with Crippen molar-refractivity contribution in [2.45, 2.75) is 9.79 Å². The molecule has 0 saturated heterocycles. The first kappa shape index (κ1) is 41.8. The zero-order valence-corrected chi connectivity index (χ0v) is 40.3. The van der Waals surface area contributed by atoms with E-state index in [9.17, 15) is 0 Å². The van der Waals surface area contributed by atoms with E-state index in [1.54, 1.807) is 0 Å². The van der Waals surface area contributed by atoms with Gasteiger partial charge in [0.05, 0.1) is 11.4 Å². The Morgan fingerprint density at radius 2 is 0.836 bits per heavy atom. The van der Waals surface area contributed by atoms with Crippen molar-refractivity contribution in [1.82, 2.24) is 0 Å². The molecule has 4 nitrogen and oxygen atoms in total. The van der Waals surface area contributed by atoms with Crippen LogP contribution in [0.2, 0.25) is 0 Å². The van der Waals surface area contributed by atoms with Crippen LogP contribution in [0.15, 0.2) is 265 Å².